The minimum atomic E-state index is -0.322. The van der Waals surface area contributed by atoms with E-state index in [-0.39, 0.29) is 7.55 Å². The average Bonchev–Trinajstić information content (AvgIpc) is 1.96. The number of hydrogen-bond acceptors (Lipinski definition) is 1. The largest absolute Gasteiger partial charge is 0.315 e. The van der Waals surface area contributed by atoms with E-state index in [1.807, 2.05) is 0 Å². The Morgan fingerprint density at radius 2 is 2.55 bits per heavy atom. The fraction of sp³-hybridized carbons (Fsp3) is 0. The first-order chi connectivity index (χ1) is 5.15. The summed E-state index contributed by atoms with van der Waals surface area (Å²) in [6.45, 7) is 0. The van der Waals surface area contributed by atoms with Crippen LogP contribution in [0.5, 0.6) is 0 Å². The molecule has 1 aliphatic heterocycles. The van der Waals surface area contributed by atoms with Crippen LogP contribution in [0.4, 0.5) is 0 Å². The van der Waals surface area contributed by atoms with Crippen molar-refractivity contribution in [3.63, 3.8) is 0 Å². The summed E-state index contributed by atoms with van der Waals surface area (Å²) in [6.07, 6.45) is 4.09. The highest BCUT2D eigenvalue weighted by atomic mass is 127. The molecule has 1 nitrogen and oxygen atoms in total. The van der Waals surface area contributed by atoms with Crippen molar-refractivity contribution in [3.8, 4) is 0 Å². The Morgan fingerprint density at radius 1 is 1.91 bits per heavy atom. The topological polar surface area (TPSA) is 23.9 Å². The molecule has 60 valence electrons. The molecule has 0 spiro atoms. The molecule has 3 unspecified atom stereocenters. The number of halogens is 1. The Hall–Kier alpha value is 2.03. The van der Waals surface area contributed by atoms with Crippen LogP contribution in [0.3, 0.4) is 0 Å². The van der Waals surface area contributed by atoms with E-state index in [1.54, 1.807) is 0 Å². The summed E-state index contributed by atoms with van der Waals surface area (Å²) in [5.41, 5.74) is 0. The van der Waals surface area contributed by atoms with Crippen LogP contribution in [0, 0.1) is 15.4 Å². The lowest BCUT2D eigenvalue weighted by atomic mass is 11.8. The molecule has 1 rings (SSSR count). The van der Waals surface area contributed by atoms with Crippen LogP contribution < -0.4 is 0 Å². The first-order valence-corrected chi connectivity index (χ1v) is 8.61. The molecule has 0 aromatic heterocycles. The van der Waals surface area contributed by atoms with Gasteiger partial charge in [0.15, 0.2) is 0 Å². The molecule has 0 saturated heterocycles. The lowest BCUT2D eigenvalue weighted by Gasteiger charge is -2.33. The van der Waals surface area contributed by atoms with Crippen molar-refractivity contribution in [3.05, 3.63) is 10.3 Å². The average molecular weight is 350 g/mol. The lowest BCUT2D eigenvalue weighted by Crippen LogP contribution is -1.84. The molecule has 0 aliphatic carbocycles. The summed E-state index contributed by atoms with van der Waals surface area (Å²) in [6, 6.07) is 0. The van der Waals surface area contributed by atoms with Crippen molar-refractivity contribution in [2.75, 3.05) is 0 Å². The van der Waals surface area contributed by atoms with Crippen molar-refractivity contribution >= 4 is 73.9 Å². The first kappa shape index (κ1) is 11.1. The maximum Gasteiger partial charge on any atom is 0.0121 e. The molecule has 0 aromatic rings. The zero-order valence-corrected chi connectivity index (χ0v) is 12.5. The Bertz CT molecular complexity index is 227. The van der Waals surface area contributed by atoms with Gasteiger partial charge in [0.05, 0.1) is 0 Å². The van der Waals surface area contributed by atoms with Gasteiger partial charge in [-0.2, -0.15) is 16.1 Å². The molecule has 7 heteroatoms. The second-order valence-corrected chi connectivity index (χ2v) is 13.1. The highest BCUT2D eigenvalue weighted by Gasteiger charge is 2.10. The summed E-state index contributed by atoms with van der Waals surface area (Å²) in [7, 11) is 5.26. The van der Waals surface area contributed by atoms with E-state index in [1.165, 1.54) is 21.5 Å². The Labute approximate surface area is 88.9 Å². The summed E-state index contributed by atoms with van der Waals surface area (Å²) in [5.74, 6) is 0. The number of nitrogens with one attached hydrogen (secondary N) is 1. The van der Waals surface area contributed by atoms with Gasteiger partial charge in [-0.05, 0) is 30.8 Å². The van der Waals surface area contributed by atoms with Gasteiger partial charge in [-0.15, -0.1) is 8.37 Å². The molecule has 3 atom stereocenters. The van der Waals surface area contributed by atoms with Crippen LogP contribution in [0.1, 0.15) is 0 Å². The van der Waals surface area contributed by atoms with E-state index in [9.17, 15) is 0 Å². The summed E-state index contributed by atoms with van der Waals surface area (Å²) >= 11 is 2.38. The highest BCUT2D eigenvalue weighted by Crippen LogP contribution is 2.69. The van der Waals surface area contributed by atoms with E-state index in [0.29, 0.717) is 8.37 Å². The van der Waals surface area contributed by atoms with Crippen molar-refractivity contribution in [1.82, 2.24) is 0 Å². The van der Waals surface area contributed by atoms with Gasteiger partial charge in [0, 0.05) is 6.30 Å². The lowest BCUT2D eigenvalue weighted by molar-refractivity contribution is 1.64. The summed E-state index contributed by atoms with van der Waals surface area (Å²) < 4.78 is 1.45. The predicted molar refractivity (Wildman–Crippen MR) is 74.1 cm³/mol. The molecule has 0 amide bonds. The van der Waals surface area contributed by atoms with Crippen molar-refractivity contribution in [1.29, 1.82) is 5.16 Å². The van der Waals surface area contributed by atoms with E-state index < -0.39 is 0 Å². The van der Waals surface area contributed by atoms with Crippen LogP contribution in [0.2, 0.25) is 0 Å². The van der Waals surface area contributed by atoms with E-state index in [4.69, 9.17) is 5.16 Å². The van der Waals surface area contributed by atoms with Crippen LogP contribution in [-0.4, -0.2) is 9.34 Å². The van der Waals surface area contributed by atoms with Gasteiger partial charge in [0.1, 0.15) is 0 Å². The standard InChI is InChI=1S/C4H6INP5/c1-11-3(7)8-2(5)9-4(11)10-6/h6,8H,1,7H2/q-1. The van der Waals surface area contributed by atoms with Crippen molar-refractivity contribution < 1.29 is 0 Å². The van der Waals surface area contributed by atoms with Gasteiger partial charge >= 0.3 is 0 Å². The third-order valence-corrected chi connectivity index (χ3v) is 10.6. The van der Waals surface area contributed by atoms with Gasteiger partial charge in [0.25, 0.3) is 0 Å². The molecule has 1 aliphatic rings. The van der Waals surface area contributed by atoms with Crippen LogP contribution in [-0.2, 0) is 0 Å². The van der Waals surface area contributed by atoms with Crippen LogP contribution in [0.15, 0.2) is 0 Å². The van der Waals surface area contributed by atoms with Crippen LogP contribution >= 0.6 is 64.5 Å². The number of hydrogen-bond donors (Lipinski definition) is 1. The van der Waals surface area contributed by atoms with Gasteiger partial charge in [-0.3, -0.25) is 0 Å². The second-order valence-electron chi connectivity index (χ2n) is 1.75. The molecule has 0 bridgehead atoms. The molecule has 0 aromatic carbocycles. The van der Waals surface area contributed by atoms with Gasteiger partial charge in [-0.25, -0.2) is 17.4 Å². The van der Waals surface area contributed by atoms with Crippen LogP contribution in [0.25, 0.3) is 0 Å². The summed E-state index contributed by atoms with van der Waals surface area (Å²) in [5, 5.41) is 9.96. The minimum Gasteiger partial charge on any atom is -0.315 e. The van der Waals surface area contributed by atoms with E-state index in [0.717, 1.165) is 8.58 Å². The maximum absolute atomic E-state index is 7.28. The molecule has 0 saturated carbocycles. The smallest absolute Gasteiger partial charge is 0.0121 e. The quantitative estimate of drug-likeness (QED) is 0.408. The fourth-order valence-corrected chi connectivity index (χ4v) is 13.2. The predicted octanol–water partition coefficient (Wildman–Crippen LogP) is 4.54. The molecule has 0 radical (unpaired) electrons. The number of rotatable bonds is 1. The third kappa shape index (κ3) is 3.02. The zero-order chi connectivity index (χ0) is 8.43. The molecule has 1 N–H and O–H groups in total. The highest BCUT2D eigenvalue weighted by molar-refractivity contribution is 14.1. The summed E-state index contributed by atoms with van der Waals surface area (Å²) in [4.78, 5) is 0. The van der Waals surface area contributed by atoms with Gasteiger partial charge in [-0.1, -0.05) is 5.14 Å². The third-order valence-electron chi connectivity index (χ3n) is 1.06. The normalized spacial score (nSPS) is 29.3. The minimum absolute atomic E-state index is 0.322. The Morgan fingerprint density at radius 3 is 3.09 bits per heavy atom. The van der Waals surface area contributed by atoms with Gasteiger partial charge in [0.2, 0.25) is 0 Å². The maximum atomic E-state index is 7.28. The van der Waals surface area contributed by atoms with Crippen molar-refractivity contribution in [2.24, 2.45) is 0 Å². The fourth-order valence-electron chi connectivity index (χ4n) is 0.542. The molecule has 0 fully saturated rings. The monoisotopic (exact) mass is 350 g/mol. The van der Waals surface area contributed by atoms with E-state index >= 15 is 0 Å². The Balaban J connectivity index is 2.86. The molecular weight excluding hydrogens is 344 g/mol. The zero-order valence-electron chi connectivity index (χ0n) is 5.50. The Kier molecular flexibility index (Phi) is 5.10. The van der Waals surface area contributed by atoms with Crippen molar-refractivity contribution in [2.45, 2.75) is 0 Å². The molecular formula is C4H6INP5-. The second kappa shape index (κ2) is 5.05. The SMILES string of the molecule is C=[P+]1[C-](P=N)P=C(I)P[C-]1P. The molecule has 1 heterocycles. The molecule has 11 heavy (non-hydrogen) atoms. The van der Waals surface area contributed by atoms with Gasteiger partial charge < -0.3 is 5.16 Å². The van der Waals surface area contributed by atoms with E-state index in [2.05, 4.69) is 38.1 Å². The first-order valence-electron chi connectivity index (χ1n) is 2.64.